The molecule has 0 fully saturated rings. The first-order chi connectivity index (χ1) is 17.8. The number of carbonyl (C=O) groups excluding carboxylic acids is 6. The lowest BCUT2D eigenvalue weighted by Crippen LogP contribution is -2.44. The lowest BCUT2D eigenvalue weighted by atomic mass is 9.72. The molecule has 14 heteroatoms. The van der Waals surface area contributed by atoms with Crippen molar-refractivity contribution < 1.29 is 57.2 Å². The smallest absolute Gasteiger partial charge is 0.330 e. The van der Waals surface area contributed by atoms with Crippen LogP contribution in [0.4, 0.5) is 0 Å². The van der Waals surface area contributed by atoms with Gasteiger partial charge in [0, 0.05) is 12.2 Å². The molecule has 0 heterocycles. The van der Waals surface area contributed by atoms with Crippen LogP contribution in [0.2, 0.25) is 0 Å². The van der Waals surface area contributed by atoms with Crippen molar-refractivity contribution in [1.82, 2.24) is 0 Å². The fourth-order valence-corrected chi connectivity index (χ4v) is 4.05. The molecule has 0 spiro atoms. The van der Waals surface area contributed by atoms with Gasteiger partial charge >= 0.3 is 35.8 Å². The normalized spacial score (nSPS) is 11.5. The van der Waals surface area contributed by atoms with Gasteiger partial charge in [-0.1, -0.05) is 12.2 Å². The van der Waals surface area contributed by atoms with Crippen molar-refractivity contribution in [2.45, 2.75) is 25.7 Å². The van der Waals surface area contributed by atoms with Gasteiger partial charge in [0.05, 0.1) is 46.1 Å². The van der Waals surface area contributed by atoms with Gasteiger partial charge in [-0.3, -0.25) is 19.2 Å². The Labute approximate surface area is 236 Å². The Morgan fingerprint density at radius 3 is 1.05 bits per heavy atom. The molecule has 0 saturated carbocycles. The summed E-state index contributed by atoms with van der Waals surface area (Å²) >= 11 is 6.48. The van der Waals surface area contributed by atoms with Crippen LogP contribution in [0.25, 0.3) is 0 Å². The molecule has 0 aromatic carbocycles. The van der Waals surface area contributed by atoms with E-state index in [1.54, 1.807) is 0 Å². The van der Waals surface area contributed by atoms with Crippen LogP contribution in [0.5, 0.6) is 0 Å². The van der Waals surface area contributed by atoms with E-state index in [0.29, 0.717) is 0 Å². The minimum absolute atomic E-state index is 0.162. The number of halogens is 2. The Morgan fingerprint density at radius 2 is 0.842 bits per heavy atom. The van der Waals surface area contributed by atoms with Crippen LogP contribution in [-0.4, -0.2) is 78.5 Å². The lowest BCUT2D eigenvalue weighted by Gasteiger charge is -2.32. The summed E-state index contributed by atoms with van der Waals surface area (Å²) in [5.41, 5.74) is -3.93. The summed E-state index contributed by atoms with van der Waals surface area (Å²) in [4.78, 5) is 75.1. The van der Waals surface area contributed by atoms with Crippen molar-refractivity contribution >= 4 is 67.7 Å². The van der Waals surface area contributed by atoms with Crippen molar-refractivity contribution in [2.24, 2.45) is 10.8 Å². The SMILES string of the molecule is COC(=O)/C=C/CC(CC(CC(C/C=C/C(=O)OC)(C(=O)OC)C(=O)OC)=C(Br)Br)(C(=O)OC)C(=O)OC. The van der Waals surface area contributed by atoms with Gasteiger partial charge < -0.3 is 28.4 Å². The van der Waals surface area contributed by atoms with Crippen molar-refractivity contribution in [3.63, 3.8) is 0 Å². The summed E-state index contributed by atoms with van der Waals surface area (Å²) in [6.45, 7) is 0. The molecule has 0 radical (unpaired) electrons. The second-order valence-electron chi connectivity index (χ2n) is 7.61. The van der Waals surface area contributed by atoms with E-state index in [1.807, 2.05) is 0 Å². The minimum atomic E-state index is -2.05. The molecule has 0 aliphatic rings. The number of allylic oxidation sites excluding steroid dienone is 3. The van der Waals surface area contributed by atoms with Gasteiger partial charge in [0.1, 0.15) is 0 Å². The predicted molar refractivity (Wildman–Crippen MR) is 139 cm³/mol. The maximum Gasteiger partial charge on any atom is 0.330 e. The predicted octanol–water partition coefficient (Wildman–Crippen LogP) is 2.67. The molecule has 38 heavy (non-hydrogen) atoms. The second-order valence-corrected chi connectivity index (χ2v) is 10.3. The quantitative estimate of drug-likeness (QED) is 0.115. The molecule has 0 bridgehead atoms. The Hall–Kier alpha value is -3.00. The molecular formula is C24H30Br2O12. The summed E-state index contributed by atoms with van der Waals surface area (Å²) in [6, 6.07) is 0. The largest absolute Gasteiger partial charge is 0.468 e. The van der Waals surface area contributed by atoms with Crippen molar-refractivity contribution in [3.8, 4) is 0 Å². The zero-order chi connectivity index (χ0) is 29.5. The fraction of sp³-hybridized carbons (Fsp3) is 0.500. The third-order valence-corrected chi connectivity index (χ3v) is 6.57. The first-order valence-corrected chi connectivity index (χ1v) is 12.3. The second kappa shape index (κ2) is 16.8. The van der Waals surface area contributed by atoms with Gasteiger partial charge in [0.2, 0.25) is 0 Å². The monoisotopic (exact) mass is 668 g/mol. The number of hydrogen-bond acceptors (Lipinski definition) is 12. The third kappa shape index (κ3) is 9.08. The molecule has 0 rings (SSSR count). The van der Waals surface area contributed by atoms with Crippen LogP contribution >= 0.6 is 31.9 Å². The highest BCUT2D eigenvalue weighted by molar-refractivity contribution is 9.28. The van der Waals surface area contributed by atoms with E-state index in [9.17, 15) is 28.8 Å². The number of methoxy groups -OCH3 is 6. The van der Waals surface area contributed by atoms with E-state index < -0.39 is 59.5 Å². The van der Waals surface area contributed by atoms with Crippen LogP contribution in [-0.2, 0) is 57.2 Å². The van der Waals surface area contributed by atoms with E-state index in [-0.39, 0.29) is 21.8 Å². The molecule has 0 N–H and O–H groups in total. The third-order valence-electron chi connectivity index (χ3n) is 5.44. The van der Waals surface area contributed by atoms with Gasteiger partial charge in [-0.05, 0) is 63.1 Å². The van der Waals surface area contributed by atoms with E-state index in [0.717, 1.165) is 54.8 Å². The summed E-state index contributed by atoms with van der Waals surface area (Å²) in [5.74, 6) is -5.51. The van der Waals surface area contributed by atoms with E-state index in [2.05, 4.69) is 41.3 Å². The fourth-order valence-electron chi connectivity index (χ4n) is 3.49. The van der Waals surface area contributed by atoms with E-state index >= 15 is 0 Å². The van der Waals surface area contributed by atoms with Crippen molar-refractivity contribution in [2.75, 3.05) is 42.7 Å². The number of hydrogen-bond donors (Lipinski definition) is 0. The molecule has 12 nitrogen and oxygen atoms in total. The van der Waals surface area contributed by atoms with Gasteiger partial charge in [-0.25, -0.2) is 9.59 Å². The molecule has 0 aromatic heterocycles. The number of carbonyl (C=O) groups is 6. The van der Waals surface area contributed by atoms with Crippen LogP contribution in [0.3, 0.4) is 0 Å². The van der Waals surface area contributed by atoms with Crippen molar-refractivity contribution in [1.29, 1.82) is 0 Å². The van der Waals surface area contributed by atoms with Crippen LogP contribution in [0.1, 0.15) is 25.7 Å². The molecule has 0 aromatic rings. The van der Waals surface area contributed by atoms with Gasteiger partial charge in [0.15, 0.2) is 10.8 Å². The zero-order valence-corrected chi connectivity index (χ0v) is 25.0. The highest BCUT2D eigenvalue weighted by Gasteiger charge is 2.52. The van der Waals surface area contributed by atoms with Gasteiger partial charge in [-0.15, -0.1) is 0 Å². The molecule has 0 aliphatic heterocycles. The molecule has 0 unspecified atom stereocenters. The highest BCUT2D eigenvalue weighted by Crippen LogP contribution is 2.44. The minimum Gasteiger partial charge on any atom is -0.468 e. The Balaban J connectivity index is 6.94. The Kier molecular flexibility index (Phi) is 15.4. The zero-order valence-electron chi connectivity index (χ0n) is 21.8. The summed E-state index contributed by atoms with van der Waals surface area (Å²) < 4.78 is 28.8. The number of rotatable bonds is 14. The first kappa shape index (κ1) is 35.0. The van der Waals surface area contributed by atoms with E-state index in [1.165, 1.54) is 12.2 Å². The average Bonchev–Trinajstić information content (AvgIpc) is 2.92. The van der Waals surface area contributed by atoms with Gasteiger partial charge in [-0.2, -0.15) is 0 Å². The lowest BCUT2D eigenvalue weighted by molar-refractivity contribution is -0.169. The summed E-state index contributed by atoms with van der Waals surface area (Å²) in [5, 5.41) is 0. The van der Waals surface area contributed by atoms with Crippen LogP contribution in [0.15, 0.2) is 33.3 Å². The Morgan fingerprint density at radius 1 is 0.553 bits per heavy atom. The molecule has 0 atom stereocenters. The topological polar surface area (TPSA) is 158 Å². The summed E-state index contributed by atoms with van der Waals surface area (Å²) in [6.07, 6.45) is 2.85. The molecular weight excluding hydrogens is 640 g/mol. The van der Waals surface area contributed by atoms with Gasteiger partial charge in [0.25, 0.3) is 0 Å². The molecule has 212 valence electrons. The maximum absolute atomic E-state index is 13.0. The van der Waals surface area contributed by atoms with Crippen LogP contribution < -0.4 is 0 Å². The number of ether oxygens (including phenoxy) is 6. The highest BCUT2D eigenvalue weighted by atomic mass is 79.9. The molecule has 0 saturated heterocycles. The average molecular weight is 670 g/mol. The molecule has 0 amide bonds. The van der Waals surface area contributed by atoms with Crippen molar-refractivity contribution in [3.05, 3.63) is 33.3 Å². The molecule has 0 aliphatic carbocycles. The number of esters is 6. The van der Waals surface area contributed by atoms with E-state index in [4.69, 9.17) is 18.9 Å². The standard InChI is InChI=1S/C24H30Br2O12/c1-33-16(27)9-7-11-23(19(29)35-3,20(30)36-4)13-15(18(25)26)14-24(21(31)37-5,22(32)38-6)12-8-10-17(28)34-2/h7-10H,11-14H2,1-6H3/b9-7+,10-8+. The summed E-state index contributed by atoms with van der Waals surface area (Å²) in [7, 11) is 6.53. The van der Waals surface area contributed by atoms with Crippen LogP contribution in [0, 0.1) is 10.8 Å². The first-order valence-electron chi connectivity index (χ1n) is 10.7. The Bertz CT molecular complexity index is 888. The maximum atomic E-state index is 13.0.